The molecule has 2 fully saturated rings. The van der Waals surface area contributed by atoms with Gasteiger partial charge in [0.15, 0.2) is 0 Å². The van der Waals surface area contributed by atoms with Crippen molar-refractivity contribution in [2.45, 2.75) is 25.3 Å². The molecule has 3 atom stereocenters. The largest absolute Gasteiger partial charge is 0.379 e. The Bertz CT molecular complexity index is 455. The Morgan fingerprint density at radius 2 is 2.19 bits per heavy atom. The third-order valence-corrected chi connectivity index (χ3v) is 4.98. The number of hydrogen-bond donors (Lipinski definition) is 0. The first kappa shape index (κ1) is 15.0. The van der Waals surface area contributed by atoms with Gasteiger partial charge in [-0.25, -0.2) is 0 Å². The van der Waals surface area contributed by atoms with Crippen LogP contribution in [-0.2, 0) is 11.8 Å². The summed E-state index contributed by atoms with van der Waals surface area (Å²) in [7, 11) is 4.27. The highest BCUT2D eigenvalue weighted by Crippen LogP contribution is 2.47. The Kier molecular flexibility index (Phi) is 4.62. The van der Waals surface area contributed by atoms with Gasteiger partial charge in [-0.1, -0.05) is 0 Å². The number of hydrogen-bond acceptors (Lipinski definition) is 4. The van der Waals surface area contributed by atoms with Gasteiger partial charge >= 0.3 is 0 Å². The quantitative estimate of drug-likeness (QED) is 0.788. The number of ether oxygens (including phenoxy) is 1. The van der Waals surface area contributed by atoms with Crippen molar-refractivity contribution in [1.82, 2.24) is 19.6 Å². The molecular weight excluding hydrogens is 264 g/mol. The second kappa shape index (κ2) is 6.46. The van der Waals surface area contributed by atoms with Crippen molar-refractivity contribution >= 4 is 0 Å². The monoisotopic (exact) mass is 292 g/mol. The van der Waals surface area contributed by atoms with Gasteiger partial charge in [0.1, 0.15) is 0 Å². The summed E-state index contributed by atoms with van der Waals surface area (Å²) in [6.45, 7) is 8.65. The van der Waals surface area contributed by atoms with Gasteiger partial charge in [-0.05, 0) is 37.8 Å². The van der Waals surface area contributed by atoms with Gasteiger partial charge in [-0.3, -0.25) is 9.58 Å². The van der Waals surface area contributed by atoms with Crippen LogP contribution in [0.1, 0.15) is 24.8 Å². The smallest absolute Gasteiger partial charge is 0.0594 e. The van der Waals surface area contributed by atoms with Crippen LogP contribution in [0.15, 0.2) is 12.4 Å². The van der Waals surface area contributed by atoms with Crippen molar-refractivity contribution in [1.29, 1.82) is 0 Å². The first-order valence-electron chi connectivity index (χ1n) is 8.12. The zero-order chi connectivity index (χ0) is 14.8. The van der Waals surface area contributed by atoms with E-state index in [-0.39, 0.29) is 0 Å². The Balaban J connectivity index is 1.42. The summed E-state index contributed by atoms with van der Waals surface area (Å²) in [5.41, 5.74) is 1.41. The van der Waals surface area contributed by atoms with E-state index in [0.29, 0.717) is 6.04 Å². The predicted octanol–water partition coefficient (Wildman–Crippen LogP) is 1.18. The molecule has 118 valence electrons. The zero-order valence-corrected chi connectivity index (χ0v) is 13.5. The minimum atomic E-state index is 0.609. The van der Waals surface area contributed by atoms with Crippen molar-refractivity contribution in [2.75, 3.05) is 46.4 Å². The van der Waals surface area contributed by atoms with Crippen LogP contribution in [-0.4, -0.2) is 72.1 Å². The van der Waals surface area contributed by atoms with Crippen LogP contribution in [0.5, 0.6) is 0 Å². The van der Waals surface area contributed by atoms with Crippen molar-refractivity contribution in [3.63, 3.8) is 0 Å². The summed E-state index contributed by atoms with van der Waals surface area (Å²) in [5.74, 6) is 1.54. The van der Waals surface area contributed by atoms with Gasteiger partial charge in [0.05, 0.1) is 19.4 Å². The molecule has 1 unspecified atom stereocenters. The molecule has 0 radical (unpaired) electrons. The summed E-state index contributed by atoms with van der Waals surface area (Å²) in [6, 6.07) is 0.609. The molecule has 0 N–H and O–H groups in total. The van der Waals surface area contributed by atoms with Crippen LogP contribution in [0.2, 0.25) is 0 Å². The summed E-state index contributed by atoms with van der Waals surface area (Å²) in [6.07, 6.45) is 5.52. The van der Waals surface area contributed by atoms with Crippen LogP contribution in [0.4, 0.5) is 0 Å². The minimum Gasteiger partial charge on any atom is -0.379 e. The molecule has 1 aliphatic heterocycles. The van der Waals surface area contributed by atoms with Gasteiger partial charge in [0.2, 0.25) is 0 Å². The predicted molar refractivity (Wildman–Crippen MR) is 83.4 cm³/mol. The van der Waals surface area contributed by atoms with Crippen LogP contribution in [0, 0.1) is 5.92 Å². The standard InChI is InChI=1S/C16H28N4O/c1-13(10-20-4-6-21-7-5-20)18(2)11-14-8-16(14)15-9-17-19(3)12-15/h9,12-14,16H,4-8,10-11H2,1-3H3/t13?,14-,16+/m0/s1. The average molecular weight is 292 g/mol. The lowest BCUT2D eigenvalue weighted by Gasteiger charge is -2.33. The molecule has 1 saturated carbocycles. The molecule has 5 heteroatoms. The summed E-state index contributed by atoms with van der Waals surface area (Å²) in [5, 5.41) is 4.29. The molecule has 21 heavy (non-hydrogen) atoms. The van der Waals surface area contributed by atoms with Crippen molar-refractivity contribution in [2.24, 2.45) is 13.0 Å². The van der Waals surface area contributed by atoms with E-state index in [9.17, 15) is 0 Å². The van der Waals surface area contributed by atoms with E-state index in [1.165, 1.54) is 18.5 Å². The topological polar surface area (TPSA) is 33.5 Å². The van der Waals surface area contributed by atoms with Crippen molar-refractivity contribution in [3.8, 4) is 0 Å². The third-order valence-electron chi connectivity index (χ3n) is 4.98. The Hall–Kier alpha value is -0.910. The zero-order valence-electron chi connectivity index (χ0n) is 13.5. The fraction of sp³-hybridized carbons (Fsp3) is 0.812. The molecule has 0 amide bonds. The number of rotatable bonds is 6. The molecule has 3 rings (SSSR count). The molecule has 2 aliphatic rings. The lowest BCUT2D eigenvalue weighted by atomic mass is 10.2. The van der Waals surface area contributed by atoms with E-state index in [1.807, 2.05) is 17.9 Å². The minimum absolute atomic E-state index is 0.609. The molecule has 1 aromatic heterocycles. The normalized spacial score (nSPS) is 28.0. The summed E-state index contributed by atoms with van der Waals surface area (Å²) < 4.78 is 7.33. The molecule has 1 saturated heterocycles. The van der Waals surface area contributed by atoms with E-state index >= 15 is 0 Å². The summed E-state index contributed by atoms with van der Waals surface area (Å²) in [4.78, 5) is 5.05. The summed E-state index contributed by atoms with van der Waals surface area (Å²) >= 11 is 0. The SMILES string of the molecule is CC(CN1CCOCC1)N(C)C[C@@H]1C[C@H]1c1cnn(C)c1. The maximum absolute atomic E-state index is 5.42. The highest BCUT2D eigenvalue weighted by molar-refractivity contribution is 5.20. The van der Waals surface area contributed by atoms with Gasteiger partial charge in [0, 0.05) is 45.5 Å². The van der Waals surface area contributed by atoms with Gasteiger partial charge in [0.25, 0.3) is 0 Å². The first-order chi connectivity index (χ1) is 10.1. The highest BCUT2D eigenvalue weighted by atomic mass is 16.5. The van der Waals surface area contributed by atoms with E-state index in [4.69, 9.17) is 4.74 Å². The van der Waals surface area contributed by atoms with Gasteiger partial charge in [-0.2, -0.15) is 5.10 Å². The molecule has 0 bridgehead atoms. The number of morpholine rings is 1. The lowest BCUT2D eigenvalue weighted by molar-refractivity contribution is 0.0264. The molecule has 1 aliphatic carbocycles. The van der Waals surface area contributed by atoms with Crippen LogP contribution in [0.25, 0.3) is 0 Å². The fourth-order valence-corrected chi connectivity index (χ4v) is 3.34. The molecule has 0 spiro atoms. The second-order valence-electron chi connectivity index (χ2n) is 6.75. The van der Waals surface area contributed by atoms with Crippen molar-refractivity contribution in [3.05, 3.63) is 18.0 Å². The molecule has 1 aromatic rings. The van der Waals surface area contributed by atoms with Crippen molar-refractivity contribution < 1.29 is 4.74 Å². The lowest BCUT2D eigenvalue weighted by Crippen LogP contribution is -2.45. The number of nitrogens with zero attached hydrogens (tertiary/aromatic N) is 4. The van der Waals surface area contributed by atoms with E-state index < -0.39 is 0 Å². The Morgan fingerprint density at radius 1 is 1.43 bits per heavy atom. The number of aryl methyl sites for hydroxylation is 1. The average Bonchev–Trinajstić information content (AvgIpc) is 3.10. The third kappa shape index (κ3) is 3.84. The van der Waals surface area contributed by atoms with Gasteiger partial charge in [-0.15, -0.1) is 0 Å². The van der Waals surface area contributed by atoms with Gasteiger partial charge < -0.3 is 9.64 Å². The highest BCUT2D eigenvalue weighted by Gasteiger charge is 2.40. The Labute approximate surface area is 127 Å². The molecule has 5 nitrogen and oxygen atoms in total. The first-order valence-corrected chi connectivity index (χ1v) is 8.12. The molecular formula is C16H28N4O. The molecule has 0 aromatic carbocycles. The maximum atomic E-state index is 5.42. The number of likely N-dealkylation sites (N-methyl/N-ethyl adjacent to an activating group) is 1. The number of aromatic nitrogens is 2. The van der Waals surface area contributed by atoms with Crippen LogP contribution >= 0.6 is 0 Å². The van der Waals surface area contributed by atoms with E-state index in [1.54, 1.807) is 0 Å². The van der Waals surface area contributed by atoms with Crippen LogP contribution < -0.4 is 0 Å². The van der Waals surface area contributed by atoms with E-state index in [0.717, 1.165) is 44.7 Å². The van der Waals surface area contributed by atoms with E-state index in [2.05, 4.69) is 35.1 Å². The Morgan fingerprint density at radius 3 is 2.86 bits per heavy atom. The maximum Gasteiger partial charge on any atom is 0.0594 e. The van der Waals surface area contributed by atoms with Crippen LogP contribution in [0.3, 0.4) is 0 Å². The second-order valence-corrected chi connectivity index (χ2v) is 6.75. The fourth-order valence-electron chi connectivity index (χ4n) is 3.34. The molecule has 2 heterocycles.